The van der Waals surface area contributed by atoms with Crippen LogP contribution in [0.4, 0.5) is 0 Å². The molecule has 0 aliphatic heterocycles. The summed E-state index contributed by atoms with van der Waals surface area (Å²) in [5, 5.41) is 10.1. The van der Waals surface area contributed by atoms with E-state index in [-0.39, 0.29) is 0 Å². The van der Waals surface area contributed by atoms with E-state index in [0.29, 0.717) is 5.82 Å². The highest BCUT2D eigenvalue weighted by atomic mass is 32.1. The molecule has 2 heterocycles. The van der Waals surface area contributed by atoms with Crippen molar-refractivity contribution in [1.82, 2.24) is 14.5 Å². The maximum absolute atomic E-state index is 10.1. The van der Waals surface area contributed by atoms with Crippen molar-refractivity contribution in [3.05, 3.63) is 34.8 Å². The first-order chi connectivity index (χ1) is 7.33. The number of nitrogens with zero attached hydrogens (tertiary/aromatic N) is 3. The van der Waals surface area contributed by atoms with Gasteiger partial charge in [0.15, 0.2) is 0 Å². The fraction of sp³-hybridized carbons (Fsp3) is 0.400. The Morgan fingerprint density at radius 1 is 1.60 bits per heavy atom. The number of hydrogen-bond acceptors (Lipinski definition) is 4. The van der Waals surface area contributed by atoms with Crippen molar-refractivity contribution in [3.8, 4) is 0 Å². The van der Waals surface area contributed by atoms with E-state index in [1.807, 2.05) is 10.8 Å². The number of hydrogen-bond donors (Lipinski definition) is 1. The smallest absolute Gasteiger partial charge is 0.147 e. The van der Waals surface area contributed by atoms with Crippen LogP contribution in [0.5, 0.6) is 0 Å². The Bertz CT molecular complexity index is 410. The van der Waals surface area contributed by atoms with E-state index in [9.17, 15) is 5.11 Å². The van der Waals surface area contributed by atoms with Gasteiger partial charge in [0.1, 0.15) is 11.9 Å². The second-order valence-corrected chi connectivity index (χ2v) is 4.20. The standard InChI is InChI=1S/C10H13N3OS/c1-2-4-13-5-3-12-10(13)9(14)8-6-11-7-15-8/h3,5-7,9,14H,2,4H2,1H3. The first kappa shape index (κ1) is 10.3. The molecule has 1 atom stereocenters. The molecular weight excluding hydrogens is 210 g/mol. The molecular formula is C10H13N3OS. The van der Waals surface area contributed by atoms with Gasteiger partial charge in [-0.05, 0) is 6.42 Å². The van der Waals surface area contributed by atoms with Gasteiger partial charge in [-0.25, -0.2) is 4.98 Å². The van der Waals surface area contributed by atoms with Crippen LogP contribution in [0.2, 0.25) is 0 Å². The number of aliphatic hydroxyl groups excluding tert-OH is 1. The van der Waals surface area contributed by atoms with Gasteiger partial charge < -0.3 is 9.67 Å². The molecule has 0 aromatic carbocycles. The Kier molecular flexibility index (Phi) is 3.13. The first-order valence-electron chi connectivity index (χ1n) is 4.90. The number of thiazole rings is 1. The van der Waals surface area contributed by atoms with Gasteiger partial charge in [-0.3, -0.25) is 4.98 Å². The van der Waals surface area contributed by atoms with Crippen molar-refractivity contribution in [2.75, 3.05) is 0 Å². The minimum absolute atomic E-state index is 0.654. The molecule has 0 spiro atoms. The third kappa shape index (κ3) is 2.08. The molecule has 0 saturated heterocycles. The quantitative estimate of drug-likeness (QED) is 0.860. The summed E-state index contributed by atoms with van der Waals surface area (Å²) in [5.41, 5.74) is 1.71. The molecule has 0 radical (unpaired) electrons. The lowest BCUT2D eigenvalue weighted by Crippen LogP contribution is -2.08. The van der Waals surface area contributed by atoms with Crippen LogP contribution in [0.25, 0.3) is 0 Å². The summed E-state index contributed by atoms with van der Waals surface area (Å²) >= 11 is 1.44. The van der Waals surface area contributed by atoms with Gasteiger partial charge in [0.05, 0.1) is 10.4 Å². The zero-order valence-corrected chi connectivity index (χ0v) is 9.31. The first-order valence-corrected chi connectivity index (χ1v) is 5.78. The van der Waals surface area contributed by atoms with E-state index in [4.69, 9.17) is 0 Å². The number of aliphatic hydroxyl groups is 1. The summed E-state index contributed by atoms with van der Waals surface area (Å²) in [7, 11) is 0. The van der Waals surface area contributed by atoms with Crippen LogP contribution in [-0.2, 0) is 6.54 Å². The Hall–Kier alpha value is -1.20. The molecule has 0 saturated carbocycles. The molecule has 4 nitrogen and oxygen atoms in total. The highest BCUT2D eigenvalue weighted by molar-refractivity contribution is 7.09. The predicted molar refractivity (Wildman–Crippen MR) is 58.7 cm³/mol. The molecule has 2 aromatic rings. The molecule has 15 heavy (non-hydrogen) atoms. The van der Waals surface area contributed by atoms with Crippen LogP contribution in [-0.4, -0.2) is 19.6 Å². The fourth-order valence-electron chi connectivity index (χ4n) is 1.49. The summed E-state index contributed by atoms with van der Waals surface area (Å²) in [5.74, 6) is 0.695. The number of rotatable bonds is 4. The average Bonchev–Trinajstić information content (AvgIpc) is 2.87. The molecule has 80 valence electrons. The summed E-state index contributed by atoms with van der Waals surface area (Å²) in [6.45, 7) is 2.98. The zero-order valence-electron chi connectivity index (χ0n) is 8.50. The van der Waals surface area contributed by atoms with Gasteiger partial charge in [0.2, 0.25) is 0 Å². The maximum atomic E-state index is 10.1. The van der Waals surface area contributed by atoms with Gasteiger partial charge in [0.25, 0.3) is 0 Å². The van der Waals surface area contributed by atoms with Gasteiger partial charge >= 0.3 is 0 Å². The average molecular weight is 223 g/mol. The van der Waals surface area contributed by atoms with E-state index in [2.05, 4.69) is 16.9 Å². The van der Waals surface area contributed by atoms with Crippen molar-refractivity contribution in [1.29, 1.82) is 0 Å². The minimum atomic E-state index is -0.654. The molecule has 2 rings (SSSR count). The van der Waals surface area contributed by atoms with E-state index in [1.54, 1.807) is 17.9 Å². The predicted octanol–water partition coefficient (Wildman–Crippen LogP) is 1.83. The van der Waals surface area contributed by atoms with Gasteiger partial charge in [-0.1, -0.05) is 6.92 Å². The summed E-state index contributed by atoms with van der Waals surface area (Å²) < 4.78 is 1.98. The van der Waals surface area contributed by atoms with E-state index < -0.39 is 6.10 Å². The van der Waals surface area contributed by atoms with E-state index >= 15 is 0 Å². The fourth-order valence-corrected chi connectivity index (χ4v) is 2.09. The molecule has 2 aromatic heterocycles. The number of imidazole rings is 1. The lowest BCUT2D eigenvalue weighted by atomic mass is 10.3. The van der Waals surface area contributed by atoms with Crippen LogP contribution < -0.4 is 0 Å². The molecule has 0 aliphatic carbocycles. The third-order valence-corrected chi connectivity index (χ3v) is 3.01. The summed E-state index contributed by atoms with van der Waals surface area (Å²) in [6.07, 6.45) is 5.66. The monoisotopic (exact) mass is 223 g/mol. The normalized spacial score (nSPS) is 12.9. The van der Waals surface area contributed by atoms with Gasteiger partial charge in [-0.15, -0.1) is 11.3 Å². The van der Waals surface area contributed by atoms with Crippen molar-refractivity contribution in [2.24, 2.45) is 0 Å². The molecule has 1 N–H and O–H groups in total. The van der Waals surface area contributed by atoms with Crippen LogP contribution in [0, 0.1) is 0 Å². The van der Waals surface area contributed by atoms with Crippen LogP contribution in [0.1, 0.15) is 30.2 Å². The van der Waals surface area contributed by atoms with Crippen LogP contribution in [0.15, 0.2) is 24.1 Å². The van der Waals surface area contributed by atoms with E-state index in [0.717, 1.165) is 17.8 Å². The highest BCUT2D eigenvalue weighted by Gasteiger charge is 2.16. The number of aryl methyl sites for hydroxylation is 1. The largest absolute Gasteiger partial charge is 0.379 e. The topological polar surface area (TPSA) is 50.9 Å². The van der Waals surface area contributed by atoms with Gasteiger partial charge in [-0.2, -0.15) is 0 Å². The molecule has 0 bridgehead atoms. The Morgan fingerprint density at radius 2 is 2.47 bits per heavy atom. The molecule has 1 unspecified atom stereocenters. The second kappa shape index (κ2) is 4.55. The molecule has 0 fully saturated rings. The van der Waals surface area contributed by atoms with Crippen molar-refractivity contribution in [3.63, 3.8) is 0 Å². The molecule has 0 aliphatic rings. The molecule has 5 heteroatoms. The Labute approximate surface area is 92.2 Å². The lowest BCUT2D eigenvalue weighted by molar-refractivity contribution is 0.208. The Morgan fingerprint density at radius 3 is 3.13 bits per heavy atom. The van der Waals surface area contributed by atoms with Gasteiger partial charge in [0, 0.05) is 25.1 Å². The van der Waals surface area contributed by atoms with Crippen LogP contribution in [0.3, 0.4) is 0 Å². The maximum Gasteiger partial charge on any atom is 0.147 e. The molecule has 0 amide bonds. The third-order valence-electron chi connectivity index (χ3n) is 2.18. The SMILES string of the molecule is CCCn1ccnc1C(O)c1cncs1. The van der Waals surface area contributed by atoms with Crippen molar-refractivity contribution in [2.45, 2.75) is 26.0 Å². The van der Waals surface area contributed by atoms with E-state index in [1.165, 1.54) is 11.3 Å². The second-order valence-electron chi connectivity index (χ2n) is 3.29. The minimum Gasteiger partial charge on any atom is -0.379 e. The number of aromatic nitrogens is 3. The summed E-state index contributed by atoms with van der Waals surface area (Å²) in [4.78, 5) is 8.96. The lowest BCUT2D eigenvalue weighted by Gasteiger charge is -2.10. The van der Waals surface area contributed by atoms with Crippen LogP contribution >= 0.6 is 11.3 Å². The highest BCUT2D eigenvalue weighted by Crippen LogP contribution is 2.23. The summed E-state index contributed by atoms with van der Waals surface area (Å²) in [6, 6.07) is 0. The Balaban J connectivity index is 2.25. The zero-order chi connectivity index (χ0) is 10.7. The van der Waals surface area contributed by atoms with Crippen molar-refractivity contribution < 1.29 is 5.11 Å². The van der Waals surface area contributed by atoms with Crippen molar-refractivity contribution >= 4 is 11.3 Å².